The second kappa shape index (κ2) is 7.49. The first kappa shape index (κ1) is 21.6. The molecule has 0 aromatic heterocycles. The van der Waals surface area contributed by atoms with E-state index in [0.717, 1.165) is 38.5 Å². The van der Waals surface area contributed by atoms with Gasteiger partial charge < -0.3 is 20.4 Å². The van der Waals surface area contributed by atoms with Gasteiger partial charge in [-0.25, -0.2) is 0 Å². The van der Waals surface area contributed by atoms with Gasteiger partial charge >= 0.3 is 5.97 Å². The molecule has 3 unspecified atom stereocenters. The molecule has 4 fully saturated rings. The fraction of sp³-hybridized carbons (Fsp3) is 0.958. The largest absolute Gasteiger partial charge is 0.481 e. The summed E-state index contributed by atoms with van der Waals surface area (Å²) in [6, 6.07) is 0. The zero-order valence-corrected chi connectivity index (χ0v) is 18.3. The Morgan fingerprint density at radius 3 is 2.31 bits per heavy atom. The van der Waals surface area contributed by atoms with E-state index in [1.807, 2.05) is 0 Å². The van der Waals surface area contributed by atoms with Crippen LogP contribution in [0.3, 0.4) is 0 Å². The van der Waals surface area contributed by atoms with E-state index in [1.54, 1.807) is 0 Å². The third kappa shape index (κ3) is 3.18. The molecule has 0 aliphatic heterocycles. The maximum absolute atomic E-state index is 11.5. The van der Waals surface area contributed by atoms with E-state index in [-0.39, 0.29) is 17.3 Å². The van der Waals surface area contributed by atoms with Crippen LogP contribution in [0, 0.1) is 46.3 Å². The van der Waals surface area contributed by atoms with E-state index in [1.165, 1.54) is 0 Å². The zero-order chi connectivity index (χ0) is 21.1. The summed E-state index contributed by atoms with van der Waals surface area (Å²) in [7, 11) is 0. The van der Waals surface area contributed by atoms with Gasteiger partial charge in [0.15, 0.2) is 0 Å². The lowest BCUT2D eigenvalue weighted by Crippen LogP contribution is -2.62. The summed E-state index contributed by atoms with van der Waals surface area (Å²) in [5.41, 5.74) is -0.362. The van der Waals surface area contributed by atoms with Crippen molar-refractivity contribution in [1.82, 2.24) is 0 Å². The second-order valence-electron chi connectivity index (χ2n) is 11.4. The summed E-state index contributed by atoms with van der Waals surface area (Å²) in [5.74, 6) is 1.55. The van der Waals surface area contributed by atoms with Crippen LogP contribution in [0.5, 0.6) is 0 Å². The number of aliphatic hydroxyl groups excluding tert-OH is 3. The minimum absolute atomic E-state index is 0.151. The zero-order valence-electron chi connectivity index (χ0n) is 18.3. The Bertz CT molecular complexity index is 637. The van der Waals surface area contributed by atoms with Crippen molar-refractivity contribution in [1.29, 1.82) is 0 Å². The van der Waals surface area contributed by atoms with Gasteiger partial charge in [0.25, 0.3) is 0 Å². The quantitative estimate of drug-likeness (QED) is 0.571. The standard InChI is InChI=1S/C24H40O5/c1-13(4-9-22(28)29)17-7-8-18-16-6-5-14-10-15(25)11-20(26)23(14,2)19(16)12-21(27)24(17,18)3/h13-21,25-27H,4-12H2,1-3H3,(H,28,29)/t13-,14-,15+,16?,17-,18?,19?,20-,21+,23+,24-/m1/s1. The van der Waals surface area contributed by atoms with Crippen LogP contribution >= 0.6 is 0 Å². The normalized spacial score (nSPS) is 52.9. The highest BCUT2D eigenvalue weighted by Crippen LogP contribution is 2.68. The van der Waals surface area contributed by atoms with E-state index in [4.69, 9.17) is 5.11 Å². The maximum Gasteiger partial charge on any atom is 0.303 e. The fourth-order valence-corrected chi connectivity index (χ4v) is 8.78. The number of hydrogen-bond donors (Lipinski definition) is 4. The number of hydrogen-bond acceptors (Lipinski definition) is 4. The minimum Gasteiger partial charge on any atom is -0.481 e. The van der Waals surface area contributed by atoms with Crippen molar-refractivity contribution >= 4 is 5.97 Å². The number of carboxylic acids is 1. The molecular weight excluding hydrogens is 368 g/mol. The first-order valence-electron chi connectivity index (χ1n) is 11.9. The number of carboxylic acid groups (broad SMARTS) is 1. The molecule has 0 amide bonds. The Kier molecular flexibility index (Phi) is 5.57. The lowest BCUT2D eigenvalue weighted by atomic mass is 9.43. The van der Waals surface area contributed by atoms with Gasteiger partial charge in [0.05, 0.1) is 18.3 Å². The van der Waals surface area contributed by atoms with Crippen molar-refractivity contribution in [3.8, 4) is 0 Å². The lowest BCUT2D eigenvalue weighted by Gasteiger charge is -2.63. The number of rotatable bonds is 4. The Labute approximate surface area is 174 Å². The summed E-state index contributed by atoms with van der Waals surface area (Å²) in [5, 5.41) is 41.8. The molecule has 0 heterocycles. The van der Waals surface area contributed by atoms with E-state index in [9.17, 15) is 20.1 Å². The fourth-order valence-electron chi connectivity index (χ4n) is 8.78. The van der Waals surface area contributed by atoms with Crippen molar-refractivity contribution in [2.24, 2.45) is 46.3 Å². The molecule has 4 aliphatic rings. The molecule has 4 rings (SSSR count). The highest BCUT2D eigenvalue weighted by molar-refractivity contribution is 5.66. The van der Waals surface area contributed by atoms with Gasteiger partial charge in [-0.05, 0) is 97.7 Å². The molecule has 5 heteroatoms. The highest BCUT2D eigenvalue weighted by atomic mass is 16.4. The van der Waals surface area contributed by atoms with Crippen LogP contribution in [0.15, 0.2) is 0 Å². The molecule has 0 aromatic rings. The van der Waals surface area contributed by atoms with Crippen molar-refractivity contribution in [3.05, 3.63) is 0 Å². The third-order valence-electron chi connectivity index (χ3n) is 10.4. The topological polar surface area (TPSA) is 98.0 Å². The van der Waals surface area contributed by atoms with Gasteiger partial charge in [-0.15, -0.1) is 0 Å². The summed E-state index contributed by atoms with van der Waals surface area (Å²) in [4.78, 5) is 11.1. The summed E-state index contributed by atoms with van der Waals surface area (Å²) in [6.45, 7) is 6.66. The minimum atomic E-state index is -0.736. The molecule has 11 atom stereocenters. The average molecular weight is 409 g/mol. The van der Waals surface area contributed by atoms with Gasteiger partial charge in [0.1, 0.15) is 0 Å². The predicted molar refractivity (Wildman–Crippen MR) is 110 cm³/mol. The first-order valence-corrected chi connectivity index (χ1v) is 11.9. The number of carbonyl (C=O) groups is 1. The van der Waals surface area contributed by atoms with Crippen molar-refractivity contribution < 1.29 is 25.2 Å². The van der Waals surface area contributed by atoms with E-state index < -0.39 is 24.3 Å². The Morgan fingerprint density at radius 1 is 0.931 bits per heavy atom. The molecule has 5 nitrogen and oxygen atoms in total. The van der Waals surface area contributed by atoms with Gasteiger partial charge in [0.2, 0.25) is 0 Å². The molecule has 4 saturated carbocycles. The predicted octanol–water partition coefficient (Wildman–Crippen LogP) is 3.45. The van der Waals surface area contributed by atoms with Gasteiger partial charge in [0, 0.05) is 6.42 Å². The maximum atomic E-state index is 11.5. The van der Waals surface area contributed by atoms with Crippen LogP contribution in [-0.2, 0) is 4.79 Å². The molecule has 4 N–H and O–H groups in total. The Morgan fingerprint density at radius 2 is 1.62 bits per heavy atom. The second-order valence-corrected chi connectivity index (χ2v) is 11.4. The van der Waals surface area contributed by atoms with E-state index in [2.05, 4.69) is 20.8 Å². The summed E-state index contributed by atoms with van der Waals surface area (Å²) >= 11 is 0. The molecule has 4 aliphatic carbocycles. The Hall–Kier alpha value is -0.650. The first-order chi connectivity index (χ1) is 13.6. The molecule has 0 spiro atoms. The van der Waals surface area contributed by atoms with Crippen LogP contribution in [0.25, 0.3) is 0 Å². The number of fused-ring (bicyclic) bond motifs is 5. The van der Waals surface area contributed by atoms with E-state index in [0.29, 0.717) is 48.3 Å². The smallest absolute Gasteiger partial charge is 0.303 e. The Balaban J connectivity index is 1.59. The molecule has 166 valence electrons. The average Bonchev–Trinajstić information content (AvgIpc) is 3.01. The summed E-state index contributed by atoms with van der Waals surface area (Å²) < 4.78 is 0. The van der Waals surface area contributed by atoms with E-state index >= 15 is 0 Å². The molecule has 0 radical (unpaired) electrons. The van der Waals surface area contributed by atoms with Crippen molar-refractivity contribution in [3.63, 3.8) is 0 Å². The monoisotopic (exact) mass is 408 g/mol. The number of aliphatic carboxylic acids is 1. The van der Waals surface area contributed by atoms with Crippen LogP contribution in [0.4, 0.5) is 0 Å². The highest BCUT2D eigenvalue weighted by Gasteiger charge is 2.65. The van der Waals surface area contributed by atoms with Crippen LogP contribution < -0.4 is 0 Å². The molecular formula is C24H40O5. The molecule has 0 bridgehead atoms. The molecule has 0 saturated heterocycles. The number of aliphatic hydroxyl groups is 3. The van der Waals surface area contributed by atoms with Gasteiger partial charge in [-0.1, -0.05) is 20.8 Å². The summed E-state index contributed by atoms with van der Waals surface area (Å²) in [6.07, 6.45) is 5.95. The van der Waals surface area contributed by atoms with Crippen LogP contribution in [0.2, 0.25) is 0 Å². The SMILES string of the molecule is C[C@H](CCC(=O)O)[C@H]1CCC2C3CC[C@@H]4C[C@H](O)C[C@@H](O)[C@]4(C)C3C[C@H](O)[C@@]21C. The van der Waals surface area contributed by atoms with Crippen molar-refractivity contribution in [2.75, 3.05) is 0 Å². The molecule has 29 heavy (non-hydrogen) atoms. The van der Waals surface area contributed by atoms with Gasteiger partial charge in [-0.3, -0.25) is 4.79 Å². The van der Waals surface area contributed by atoms with Crippen molar-refractivity contribution in [2.45, 2.75) is 96.9 Å². The third-order valence-corrected chi connectivity index (χ3v) is 10.4. The lowest BCUT2D eigenvalue weighted by molar-refractivity contribution is -0.207. The molecule has 0 aromatic carbocycles. The van der Waals surface area contributed by atoms with Gasteiger partial charge in [-0.2, -0.15) is 0 Å². The van der Waals surface area contributed by atoms with Crippen LogP contribution in [0.1, 0.15) is 78.6 Å². The van der Waals surface area contributed by atoms with Crippen LogP contribution in [-0.4, -0.2) is 44.7 Å².